The first-order valence-corrected chi connectivity index (χ1v) is 9.97. The number of carbonyl (C=O) groups excluding carboxylic acids is 4. The van der Waals surface area contributed by atoms with E-state index >= 15 is 0 Å². The lowest BCUT2D eigenvalue weighted by Crippen LogP contribution is -2.44. The fourth-order valence-corrected chi connectivity index (χ4v) is 2.84. The van der Waals surface area contributed by atoms with Crippen LogP contribution in [0.25, 0.3) is 10.9 Å². The van der Waals surface area contributed by atoms with Crippen LogP contribution in [0.15, 0.2) is 54.6 Å². The van der Waals surface area contributed by atoms with Crippen molar-refractivity contribution in [3.05, 3.63) is 65.9 Å². The maximum absolute atomic E-state index is 12.3. The molecule has 0 radical (unpaired) electrons. The minimum atomic E-state index is -1.17. The average molecular weight is 437 g/mol. The second kappa shape index (κ2) is 10.7. The predicted octanol–water partition coefficient (Wildman–Crippen LogP) is 1.64. The smallest absolute Gasteiger partial charge is 0.321 e. The molecule has 0 bridgehead atoms. The molecular weight excluding hydrogens is 414 g/mol. The third-order valence-electron chi connectivity index (χ3n) is 4.51. The molecule has 0 fully saturated rings. The Hall–Kier alpha value is -4.21. The van der Waals surface area contributed by atoms with E-state index in [1.165, 1.54) is 6.92 Å². The number of nitrogens with zero attached hydrogens (tertiary/aromatic N) is 1. The van der Waals surface area contributed by atoms with Crippen LogP contribution in [0, 0.1) is 0 Å². The number of rotatable bonds is 8. The minimum Gasteiger partial charge on any atom is -0.452 e. The van der Waals surface area contributed by atoms with Crippen LogP contribution in [-0.4, -0.2) is 46.7 Å². The summed E-state index contributed by atoms with van der Waals surface area (Å²) >= 11 is 0. The van der Waals surface area contributed by atoms with Gasteiger partial charge in [0.1, 0.15) is 0 Å². The molecule has 3 aromatic rings. The molecule has 32 heavy (non-hydrogen) atoms. The van der Waals surface area contributed by atoms with Gasteiger partial charge in [-0.15, -0.1) is 0 Å². The largest absolute Gasteiger partial charge is 0.452 e. The predicted molar refractivity (Wildman–Crippen MR) is 115 cm³/mol. The van der Waals surface area contributed by atoms with Gasteiger partial charge in [0, 0.05) is 18.5 Å². The molecule has 0 aliphatic carbocycles. The van der Waals surface area contributed by atoms with Gasteiger partial charge in [-0.05, 0) is 18.6 Å². The Morgan fingerprint density at radius 3 is 2.50 bits per heavy atom. The second-order valence-corrected chi connectivity index (χ2v) is 6.91. The molecule has 0 aliphatic heterocycles. The standard InChI is InChI=1S/C22H23N5O5/c1-14(20(29)25-22(31)24-13-15-7-3-2-4-8-15)32-18(28)11-12-23-21(30)19-16-9-5-6-10-17(16)26-27-19/h2-10,14H,11-13H2,1H3,(H,23,30)(H,26,27)(H2,24,25,29,31). The summed E-state index contributed by atoms with van der Waals surface area (Å²) in [6, 6.07) is 15.7. The summed E-state index contributed by atoms with van der Waals surface area (Å²) in [5.41, 5.74) is 1.83. The fourth-order valence-electron chi connectivity index (χ4n) is 2.84. The third kappa shape index (κ3) is 6.14. The Kier molecular flexibility index (Phi) is 7.52. The number of amides is 4. The van der Waals surface area contributed by atoms with Gasteiger partial charge in [-0.2, -0.15) is 5.10 Å². The van der Waals surface area contributed by atoms with E-state index in [1.54, 1.807) is 18.2 Å². The highest BCUT2D eigenvalue weighted by atomic mass is 16.5. The topological polar surface area (TPSA) is 142 Å². The zero-order valence-corrected chi connectivity index (χ0v) is 17.4. The Morgan fingerprint density at radius 2 is 1.72 bits per heavy atom. The van der Waals surface area contributed by atoms with Crippen molar-refractivity contribution in [3.8, 4) is 0 Å². The molecule has 10 nitrogen and oxygen atoms in total. The summed E-state index contributed by atoms with van der Waals surface area (Å²) in [6.45, 7) is 1.61. The van der Waals surface area contributed by atoms with E-state index in [0.717, 1.165) is 11.1 Å². The third-order valence-corrected chi connectivity index (χ3v) is 4.51. The van der Waals surface area contributed by atoms with Gasteiger partial charge in [-0.25, -0.2) is 4.79 Å². The maximum Gasteiger partial charge on any atom is 0.321 e. The molecule has 166 valence electrons. The van der Waals surface area contributed by atoms with Gasteiger partial charge in [0.15, 0.2) is 11.8 Å². The van der Waals surface area contributed by atoms with Gasteiger partial charge in [-0.1, -0.05) is 48.5 Å². The number of esters is 1. The lowest BCUT2D eigenvalue weighted by atomic mass is 10.2. The molecule has 0 saturated heterocycles. The Balaban J connectivity index is 1.37. The van der Waals surface area contributed by atoms with Gasteiger partial charge in [0.05, 0.1) is 11.9 Å². The fraction of sp³-hybridized carbons (Fsp3) is 0.227. The van der Waals surface area contributed by atoms with Crippen molar-refractivity contribution in [1.82, 2.24) is 26.1 Å². The monoisotopic (exact) mass is 437 g/mol. The van der Waals surface area contributed by atoms with Crippen LogP contribution in [0.2, 0.25) is 0 Å². The number of aromatic amines is 1. The number of aromatic nitrogens is 2. The van der Waals surface area contributed by atoms with Gasteiger partial charge < -0.3 is 15.4 Å². The molecule has 0 spiro atoms. The van der Waals surface area contributed by atoms with Crippen LogP contribution in [-0.2, 0) is 20.9 Å². The number of fused-ring (bicyclic) bond motifs is 1. The summed E-state index contributed by atoms with van der Waals surface area (Å²) in [4.78, 5) is 48.1. The van der Waals surface area contributed by atoms with Crippen LogP contribution in [0.3, 0.4) is 0 Å². The number of para-hydroxylation sites is 1. The highest BCUT2D eigenvalue weighted by Gasteiger charge is 2.20. The number of urea groups is 1. The number of hydrogen-bond donors (Lipinski definition) is 4. The quantitative estimate of drug-likeness (QED) is 0.395. The number of H-pyrrole nitrogens is 1. The highest BCUT2D eigenvalue weighted by Crippen LogP contribution is 2.14. The first kappa shape index (κ1) is 22.5. The van der Waals surface area contributed by atoms with Gasteiger partial charge in [-0.3, -0.25) is 24.8 Å². The van der Waals surface area contributed by atoms with E-state index in [-0.39, 0.29) is 25.2 Å². The number of imide groups is 1. The van der Waals surface area contributed by atoms with E-state index in [2.05, 4.69) is 26.1 Å². The first-order valence-electron chi connectivity index (χ1n) is 9.97. The summed E-state index contributed by atoms with van der Waals surface area (Å²) in [6.07, 6.45) is -1.32. The molecule has 3 rings (SSSR count). The molecule has 4 amide bonds. The van der Waals surface area contributed by atoms with Crippen LogP contribution < -0.4 is 16.0 Å². The number of benzene rings is 2. The molecule has 0 aliphatic rings. The highest BCUT2D eigenvalue weighted by molar-refractivity contribution is 6.04. The van der Waals surface area contributed by atoms with Crippen molar-refractivity contribution < 1.29 is 23.9 Å². The molecule has 4 N–H and O–H groups in total. The van der Waals surface area contributed by atoms with Crippen molar-refractivity contribution in [1.29, 1.82) is 0 Å². The minimum absolute atomic E-state index is 0.00472. The molecule has 1 aromatic heterocycles. The van der Waals surface area contributed by atoms with E-state index in [4.69, 9.17) is 4.74 Å². The normalized spacial score (nSPS) is 11.4. The van der Waals surface area contributed by atoms with Gasteiger partial charge >= 0.3 is 12.0 Å². The van der Waals surface area contributed by atoms with Crippen LogP contribution in [0.5, 0.6) is 0 Å². The molecule has 1 heterocycles. The Labute approximate surface area is 183 Å². The second-order valence-electron chi connectivity index (χ2n) is 6.91. The number of carbonyl (C=O) groups is 4. The van der Waals surface area contributed by atoms with Crippen LogP contribution in [0.4, 0.5) is 4.79 Å². The molecule has 1 atom stereocenters. The average Bonchev–Trinajstić information content (AvgIpc) is 3.22. The molecule has 10 heteroatoms. The van der Waals surface area contributed by atoms with Gasteiger partial charge in [0.2, 0.25) is 0 Å². The number of hydrogen-bond acceptors (Lipinski definition) is 6. The molecular formula is C22H23N5O5. The summed E-state index contributed by atoms with van der Waals surface area (Å²) in [5.74, 6) is -1.88. The van der Waals surface area contributed by atoms with Crippen molar-refractivity contribution in [2.45, 2.75) is 26.0 Å². The molecule has 0 saturated carbocycles. The van der Waals surface area contributed by atoms with Crippen LogP contribution >= 0.6 is 0 Å². The van der Waals surface area contributed by atoms with E-state index in [0.29, 0.717) is 5.39 Å². The summed E-state index contributed by atoms with van der Waals surface area (Å²) < 4.78 is 5.01. The summed E-state index contributed by atoms with van der Waals surface area (Å²) in [5, 5.41) is 14.7. The molecule has 1 unspecified atom stereocenters. The SMILES string of the molecule is CC(OC(=O)CCNC(=O)c1n[nH]c2ccccc12)C(=O)NC(=O)NCc1ccccc1. The van der Waals surface area contributed by atoms with E-state index in [1.807, 2.05) is 36.4 Å². The van der Waals surface area contributed by atoms with E-state index < -0.39 is 29.9 Å². The van der Waals surface area contributed by atoms with Crippen molar-refractivity contribution in [2.75, 3.05) is 6.54 Å². The number of nitrogens with one attached hydrogen (secondary N) is 4. The Bertz CT molecular complexity index is 1110. The van der Waals surface area contributed by atoms with Crippen molar-refractivity contribution in [3.63, 3.8) is 0 Å². The zero-order valence-electron chi connectivity index (χ0n) is 17.4. The van der Waals surface area contributed by atoms with E-state index in [9.17, 15) is 19.2 Å². The molecule has 2 aromatic carbocycles. The first-order chi connectivity index (χ1) is 15.4. The Morgan fingerprint density at radius 1 is 1.00 bits per heavy atom. The van der Waals surface area contributed by atoms with Crippen LogP contribution in [0.1, 0.15) is 29.4 Å². The van der Waals surface area contributed by atoms with Crippen molar-refractivity contribution >= 4 is 34.7 Å². The van der Waals surface area contributed by atoms with Gasteiger partial charge in [0.25, 0.3) is 11.8 Å². The zero-order chi connectivity index (χ0) is 22.9. The van der Waals surface area contributed by atoms with Crippen molar-refractivity contribution in [2.24, 2.45) is 0 Å². The summed E-state index contributed by atoms with van der Waals surface area (Å²) in [7, 11) is 0. The lowest BCUT2D eigenvalue weighted by Gasteiger charge is -2.13. The lowest BCUT2D eigenvalue weighted by molar-refractivity contribution is -0.154. The number of ether oxygens (including phenoxy) is 1. The maximum atomic E-state index is 12.3.